The van der Waals surface area contributed by atoms with Crippen molar-refractivity contribution in [3.05, 3.63) is 65.2 Å². The van der Waals surface area contributed by atoms with Gasteiger partial charge >= 0.3 is 0 Å². The number of hydrogen-bond donors (Lipinski definition) is 1. The summed E-state index contributed by atoms with van der Waals surface area (Å²) in [5.41, 5.74) is 2.83. The summed E-state index contributed by atoms with van der Waals surface area (Å²) < 4.78 is 5.44. The van der Waals surface area contributed by atoms with E-state index >= 15 is 0 Å². The molecule has 28 heavy (non-hydrogen) atoms. The average Bonchev–Trinajstić information content (AvgIpc) is 2.71. The number of carbonyl (C=O) groups excluding carboxylic acids is 1. The molecule has 2 aromatic rings. The van der Waals surface area contributed by atoms with Crippen molar-refractivity contribution in [2.24, 2.45) is 4.99 Å². The van der Waals surface area contributed by atoms with Crippen molar-refractivity contribution in [1.29, 1.82) is 0 Å². The number of amides is 1. The first-order valence-electron chi connectivity index (χ1n) is 9.38. The van der Waals surface area contributed by atoms with Crippen LogP contribution in [0.5, 0.6) is 5.75 Å². The number of rotatable bonds is 7. The zero-order valence-corrected chi connectivity index (χ0v) is 17.4. The van der Waals surface area contributed by atoms with Crippen LogP contribution in [0.1, 0.15) is 28.4 Å². The quantitative estimate of drug-likeness (QED) is 0.591. The van der Waals surface area contributed by atoms with Crippen molar-refractivity contribution in [3.8, 4) is 5.75 Å². The number of benzene rings is 2. The lowest BCUT2D eigenvalue weighted by molar-refractivity contribution is 0.0827. The SMILES string of the molecule is CCNC(=NCc1ccc(C(=O)N(C)C)cc1)N(C)Cc1ccccc1OC. The van der Waals surface area contributed by atoms with Gasteiger partial charge in [-0.05, 0) is 30.7 Å². The maximum Gasteiger partial charge on any atom is 0.253 e. The number of hydrogen-bond acceptors (Lipinski definition) is 3. The monoisotopic (exact) mass is 382 g/mol. The van der Waals surface area contributed by atoms with Gasteiger partial charge in [0.1, 0.15) is 5.75 Å². The van der Waals surface area contributed by atoms with Crippen LogP contribution in [0.25, 0.3) is 0 Å². The molecule has 0 saturated heterocycles. The van der Waals surface area contributed by atoms with Gasteiger partial charge in [-0.3, -0.25) is 4.79 Å². The van der Waals surface area contributed by atoms with E-state index in [1.54, 1.807) is 26.1 Å². The van der Waals surface area contributed by atoms with Crippen LogP contribution < -0.4 is 10.1 Å². The van der Waals surface area contributed by atoms with E-state index in [1.165, 1.54) is 0 Å². The predicted octanol–water partition coefficient (Wildman–Crippen LogP) is 2.99. The van der Waals surface area contributed by atoms with Crippen LogP contribution in [0.3, 0.4) is 0 Å². The minimum atomic E-state index is -0.0000633. The molecule has 0 aliphatic heterocycles. The fourth-order valence-corrected chi connectivity index (χ4v) is 2.81. The van der Waals surface area contributed by atoms with E-state index in [0.717, 1.165) is 29.4 Å². The molecule has 0 heterocycles. The van der Waals surface area contributed by atoms with Crippen LogP contribution in [0.4, 0.5) is 0 Å². The molecule has 150 valence electrons. The number of ether oxygens (including phenoxy) is 1. The largest absolute Gasteiger partial charge is 0.496 e. The first kappa shape index (κ1) is 21.3. The van der Waals surface area contributed by atoms with Gasteiger partial charge in [-0.15, -0.1) is 0 Å². The molecular weight excluding hydrogens is 352 g/mol. The molecule has 0 spiro atoms. The normalized spacial score (nSPS) is 11.1. The van der Waals surface area contributed by atoms with Gasteiger partial charge in [0.15, 0.2) is 5.96 Å². The standard InChI is InChI=1S/C22H30N4O2/c1-6-23-22(26(4)16-19-9-7-8-10-20(19)28-5)24-15-17-11-13-18(14-12-17)21(27)25(2)3/h7-14H,6,15-16H2,1-5H3,(H,23,24). The Kier molecular flexibility index (Phi) is 7.87. The van der Waals surface area contributed by atoms with Crippen molar-refractivity contribution < 1.29 is 9.53 Å². The fraction of sp³-hybridized carbons (Fsp3) is 0.364. The number of guanidine groups is 1. The van der Waals surface area contributed by atoms with E-state index in [4.69, 9.17) is 9.73 Å². The van der Waals surface area contributed by atoms with Crippen LogP contribution in [-0.4, -0.2) is 56.5 Å². The van der Waals surface area contributed by atoms with Crippen LogP contribution >= 0.6 is 0 Å². The van der Waals surface area contributed by atoms with Crippen LogP contribution in [-0.2, 0) is 13.1 Å². The first-order chi connectivity index (χ1) is 13.5. The predicted molar refractivity (Wildman–Crippen MR) is 114 cm³/mol. The molecule has 0 unspecified atom stereocenters. The van der Waals surface area contributed by atoms with Gasteiger partial charge in [0, 0.05) is 45.4 Å². The lowest BCUT2D eigenvalue weighted by atomic mass is 10.1. The molecule has 6 nitrogen and oxygen atoms in total. The van der Waals surface area contributed by atoms with Gasteiger partial charge in [-0.2, -0.15) is 0 Å². The van der Waals surface area contributed by atoms with Gasteiger partial charge < -0.3 is 19.9 Å². The van der Waals surface area contributed by atoms with Gasteiger partial charge in [-0.1, -0.05) is 30.3 Å². The number of nitrogens with one attached hydrogen (secondary N) is 1. The summed E-state index contributed by atoms with van der Waals surface area (Å²) in [4.78, 5) is 20.4. The topological polar surface area (TPSA) is 57.2 Å². The van der Waals surface area contributed by atoms with Crippen molar-refractivity contribution in [2.45, 2.75) is 20.0 Å². The minimum absolute atomic E-state index is 0.0000633. The zero-order valence-electron chi connectivity index (χ0n) is 17.4. The molecule has 0 aliphatic carbocycles. The number of methoxy groups -OCH3 is 1. The molecule has 1 N–H and O–H groups in total. The summed E-state index contributed by atoms with van der Waals surface area (Å²) in [5.74, 6) is 1.69. The molecule has 0 aliphatic rings. The molecule has 0 atom stereocenters. The molecular formula is C22H30N4O2. The molecule has 2 rings (SSSR count). The summed E-state index contributed by atoms with van der Waals surface area (Å²) >= 11 is 0. The Hall–Kier alpha value is -3.02. The third kappa shape index (κ3) is 5.74. The molecule has 1 amide bonds. The molecule has 2 aromatic carbocycles. The first-order valence-corrected chi connectivity index (χ1v) is 9.38. The second-order valence-electron chi connectivity index (χ2n) is 6.73. The number of para-hydroxylation sites is 1. The Bertz CT molecular complexity index is 800. The zero-order chi connectivity index (χ0) is 20.5. The highest BCUT2D eigenvalue weighted by atomic mass is 16.5. The third-order valence-corrected chi connectivity index (χ3v) is 4.31. The Balaban J connectivity index is 2.10. The Morgan fingerprint density at radius 2 is 1.75 bits per heavy atom. The second-order valence-corrected chi connectivity index (χ2v) is 6.73. The lowest BCUT2D eigenvalue weighted by Gasteiger charge is -2.23. The summed E-state index contributed by atoms with van der Waals surface area (Å²) in [6, 6.07) is 15.6. The van der Waals surface area contributed by atoms with Crippen molar-refractivity contribution in [2.75, 3.05) is 34.8 Å². The maximum absolute atomic E-state index is 12.0. The average molecular weight is 383 g/mol. The summed E-state index contributed by atoms with van der Waals surface area (Å²) in [5, 5.41) is 3.33. The number of carbonyl (C=O) groups is 1. The molecule has 0 bridgehead atoms. The van der Waals surface area contributed by atoms with E-state index in [2.05, 4.69) is 16.3 Å². The highest BCUT2D eigenvalue weighted by Crippen LogP contribution is 2.18. The minimum Gasteiger partial charge on any atom is -0.496 e. The summed E-state index contributed by atoms with van der Waals surface area (Å²) in [6.07, 6.45) is 0. The Morgan fingerprint density at radius 1 is 1.07 bits per heavy atom. The summed E-state index contributed by atoms with van der Waals surface area (Å²) in [6.45, 7) is 4.06. The van der Waals surface area contributed by atoms with Crippen LogP contribution in [0.15, 0.2) is 53.5 Å². The van der Waals surface area contributed by atoms with E-state index < -0.39 is 0 Å². The number of nitrogens with zero attached hydrogens (tertiary/aromatic N) is 3. The van der Waals surface area contributed by atoms with E-state index in [1.807, 2.05) is 56.4 Å². The molecule has 0 fully saturated rings. The Labute approximate surface area is 167 Å². The molecule has 0 saturated carbocycles. The second kappa shape index (κ2) is 10.3. The van der Waals surface area contributed by atoms with Gasteiger partial charge in [-0.25, -0.2) is 4.99 Å². The molecule has 0 radical (unpaired) electrons. The van der Waals surface area contributed by atoms with Crippen molar-refractivity contribution in [3.63, 3.8) is 0 Å². The van der Waals surface area contributed by atoms with E-state index in [0.29, 0.717) is 18.7 Å². The highest BCUT2D eigenvalue weighted by molar-refractivity contribution is 5.93. The van der Waals surface area contributed by atoms with Crippen molar-refractivity contribution in [1.82, 2.24) is 15.1 Å². The smallest absolute Gasteiger partial charge is 0.253 e. The Morgan fingerprint density at radius 3 is 2.36 bits per heavy atom. The third-order valence-electron chi connectivity index (χ3n) is 4.31. The van der Waals surface area contributed by atoms with Crippen LogP contribution in [0.2, 0.25) is 0 Å². The summed E-state index contributed by atoms with van der Waals surface area (Å²) in [7, 11) is 7.19. The molecule has 0 aromatic heterocycles. The fourth-order valence-electron chi connectivity index (χ4n) is 2.81. The van der Waals surface area contributed by atoms with E-state index in [9.17, 15) is 4.79 Å². The van der Waals surface area contributed by atoms with E-state index in [-0.39, 0.29) is 5.91 Å². The van der Waals surface area contributed by atoms with Crippen LogP contribution in [0, 0.1) is 0 Å². The van der Waals surface area contributed by atoms with Gasteiger partial charge in [0.2, 0.25) is 0 Å². The van der Waals surface area contributed by atoms with Crippen molar-refractivity contribution >= 4 is 11.9 Å². The lowest BCUT2D eigenvalue weighted by Crippen LogP contribution is -2.38. The van der Waals surface area contributed by atoms with Gasteiger partial charge in [0.25, 0.3) is 5.91 Å². The maximum atomic E-state index is 12.0. The molecule has 6 heteroatoms. The van der Waals surface area contributed by atoms with Gasteiger partial charge in [0.05, 0.1) is 13.7 Å². The number of aliphatic imine (C=N–C) groups is 1. The highest BCUT2D eigenvalue weighted by Gasteiger charge is 2.10.